The topological polar surface area (TPSA) is 15.3 Å². The van der Waals surface area contributed by atoms with Crippen molar-refractivity contribution < 1.29 is 0 Å². The molecule has 2 aliphatic rings. The standard InChI is InChI=1S/C17H28N2S/c1-3-6-13-12-19(14(4-2)11-18-13)16-7-5-8-17-15(16)9-10-20-17/h9-10,13-14,16,18H,3-8,11-12H2,1-2H3. The van der Waals surface area contributed by atoms with Gasteiger partial charge in [-0.3, -0.25) is 4.90 Å². The minimum atomic E-state index is 0.691. The number of piperazine rings is 1. The second-order valence-corrected chi connectivity index (χ2v) is 7.36. The van der Waals surface area contributed by atoms with E-state index in [9.17, 15) is 0 Å². The zero-order valence-electron chi connectivity index (χ0n) is 12.9. The Morgan fingerprint density at radius 3 is 3.10 bits per heavy atom. The van der Waals surface area contributed by atoms with Gasteiger partial charge in [0.1, 0.15) is 0 Å². The Labute approximate surface area is 127 Å². The van der Waals surface area contributed by atoms with Gasteiger partial charge in [-0.05, 0) is 49.1 Å². The molecule has 2 heterocycles. The van der Waals surface area contributed by atoms with Crippen molar-refractivity contribution >= 4 is 11.3 Å². The first kappa shape index (κ1) is 14.6. The van der Waals surface area contributed by atoms with Crippen molar-refractivity contribution in [1.29, 1.82) is 0 Å². The quantitative estimate of drug-likeness (QED) is 0.903. The Hall–Kier alpha value is -0.380. The van der Waals surface area contributed by atoms with Gasteiger partial charge >= 0.3 is 0 Å². The van der Waals surface area contributed by atoms with Crippen LogP contribution >= 0.6 is 11.3 Å². The average molecular weight is 292 g/mol. The molecule has 1 aliphatic carbocycles. The predicted octanol–water partition coefficient (Wildman–Crippen LogP) is 3.98. The Morgan fingerprint density at radius 1 is 1.40 bits per heavy atom. The van der Waals surface area contributed by atoms with Crippen molar-refractivity contribution in [3.05, 3.63) is 21.9 Å². The number of nitrogens with one attached hydrogen (secondary N) is 1. The van der Waals surface area contributed by atoms with Crippen molar-refractivity contribution in [3.63, 3.8) is 0 Å². The fraction of sp³-hybridized carbons (Fsp3) is 0.765. The zero-order chi connectivity index (χ0) is 13.9. The lowest BCUT2D eigenvalue weighted by Crippen LogP contribution is -2.57. The number of hydrogen-bond donors (Lipinski definition) is 1. The van der Waals surface area contributed by atoms with E-state index in [0.717, 1.165) is 6.04 Å². The summed E-state index contributed by atoms with van der Waals surface area (Å²) in [6.07, 6.45) is 7.91. The van der Waals surface area contributed by atoms with E-state index in [-0.39, 0.29) is 0 Å². The number of aryl methyl sites for hydroxylation is 1. The van der Waals surface area contributed by atoms with Gasteiger partial charge in [0.2, 0.25) is 0 Å². The molecule has 1 aromatic rings. The summed E-state index contributed by atoms with van der Waals surface area (Å²) in [5, 5.41) is 6.07. The zero-order valence-corrected chi connectivity index (χ0v) is 13.7. The Balaban J connectivity index is 1.79. The molecule has 2 nitrogen and oxygen atoms in total. The van der Waals surface area contributed by atoms with E-state index in [1.807, 2.05) is 11.3 Å². The van der Waals surface area contributed by atoms with Gasteiger partial charge in [0.05, 0.1) is 0 Å². The highest BCUT2D eigenvalue weighted by molar-refractivity contribution is 7.10. The van der Waals surface area contributed by atoms with Gasteiger partial charge < -0.3 is 5.32 Å². The van der Waals surface area contributed by atoms with Crippen LogP contribution in [0, 0.1) is 0 Å². The predicted molar refractivity (Wildman–Crippen MR) is 87.5 cm³/mol. The molecular formula is C17H28N2S. The second kappa shape index (κ2) is 6.59. The molecule has 3 heteroatoms. The number of thiophene rings is 1. The molecule has 1 aromatic heterocycles. The maximum absolute atomic E-state index is 3.77. The number of hydrogen-bond acceptors (Lipinski definition) is 3. The lowest BCUT2D eigenvalue weighted by atomic mass is 9.89. The first-order valence-electron chi connectivity index (χ1n) is 8.38. The van der Waals surface area contributed by atoms with Crippen molar-refractivity contribution in [2.45, 2.75) is 70.5 Å². The van der Waals surface area contributed by atoms with Crippen molar-refractivity contribution in [2.24, 2.45) is 0 Å². The fourth-order valence-corrected chi connectivity index (χ4v) is 4.98. The first-order valence-corrected chi connectivity index (χ1v) is 9.26. The molecule has 20 heavy (non-hydrogen) atoms. The van der Waals surface area contributed by atoms with E-state index >= 15 is 0 Å². The normalized spacial score (nSPS) is 31.2. The maximum atomic E-state index is 3.77. The van der Waals surface area contributed by atoms with Crippen LogP contribution in [0.1, 0.15) is 62.4 Å². The van der Waals surface area contributed by atoms with E-state index in [2.05, 4.69) is 35.5 Å². The number of rotatable bonds is 4. The van der Waals surface area contributed by atoms with E-state index in [4.69, 9.17) is 0 Å². The molecule has 1 aliphatic heterocycles. The van der Waals surface area contributed by atoms with Crippen LogP contribution in [-0.4, -0.2) is 30.1 Å². The summed E-state index contributed by atoms with van der Waals surface area (Å²) in [5.41, 5.74) is 1.65. The third-order valence-electron chi connectivity index (χ3n) is 5.07. The van der Waals surface area contributed by atoms with Crippen molar-refractivity contribution in [1.82, 2.24) is 10.2 Å². The molecule has 0 spiro atoms. The fourth-order valence-electron chi connectivity index (χ4n) is 4.00. The van der Waals surface area contributed by atoms with Crippen LogP contribution in [-0.2, 0) is 6.42 Å². The summed E-state index contributed by atoms with van der Waals surface area (Å²) in [4.78, 5) is 4.49. The molecule has 0 aromatic carbocycles. The van der Waals surface area contributed by atoms with Crippen LogP contribution in [0.4, 0.5) is 0 Å². The number of fused-ring (bicyclic) bond motifs is 1. The first-order chi connectivity index (χ1) is 9.83. The Morgan fingerprint density at radius 2 is 2.30 bits per heavy atom. The van der Waals surface area contributed by atoms with Crippen LogP contribution in [0.15, 0.2) is 11.4 Å². The molecule has 0 bridgehead atoms. The molecule has 3 atom stereocenters. The molecule has 1 saturated heterocycles. The number of nitrogens with zero attached hydrogens (tertiary/aromatic N) is 1. The van der Waals surface area contributed by atoms with E-state index in [1.54, 1.807) is 10.4 Å². The minimum Gasteiger partial charge on any atom is -0.311 e. The monoisotopic (exact) mass is 292 g/mol. The SMILES string of the molecule is CCCC1CN(C2CCCc3sccc32)C(CC)CN1. The smallest absolute Gasteiger partial charge is 0.0363 e. The van der Waals surface area contributed by atoms with E-state index in [1.165, 1.54) is 51.6 Å². The van der Waals surface area contributed by atoms with Crippen LogP contribution in [0.2, 0.25) is 0 Å². The van der Waals surface area contributed by atoms with Crippen LogP contribution in [0.3, 0.4) is 0 Å². The molecule has 0 amide bonds. The molecule has 112 valence electrons. The van der Waals surface area contributed by atoms with Crippen LogP contribution in [0.25, 0.3) is 0 Å². The third-order valence-corrected chi connectivity index (χ3v) is 6.07. The molecule has 3 rings (SSSR count). The summed E-state index contributed by atoms with van der Waals surface area (Å²) < 4.78 is 0. The van der Waals surface area contributed by atoms with E-state index in [0.29, 0.717) is 12.1 Å². The second-order valence-electron chi connectivity index (χ2n) is 6.36. The highest BCUT2D eigenvalue weighted by Gasteiger charge is 2.34. The molecule has 0 radical (unpaired) electrons. The summed E-state index contributed by atoms with van der Waals surface area (Å²) in [5.74, 6) is 0. The lowest BCUT2D eigenvalue weighted by molar-refractivity contribution is 0.0675. The molecular weight excluding hydrogens is 264 g/mol. The average Bonchev–Trinajstić information content (AvgIpc) is 2.96. The van der Waals surface area contributed by atoms with E-state index < -0.39 is 0 Å². The van der Waals surface area contributed by atoms with Crippen LogP contribution < -0.4 is 5.32 Å². The maximum Gasteiger partial charge on any atom is 0.0363 e. The van der Waals surface area contributed by atoms with Crippen molar-refractivity contribution in [2.75, 3.05) is 13.1 Å². The highest BCUT2D eigenvalue weighted by atomic mass is 32.1. The molecule has 3 unspecified atom stereocenters. The molecule has 1 fully saturated rings. The Bertz CT molecular complexity index is 428. The summed E-state index contributed by atoms with van der Waals surface area (Å²) in [6.45, 7) is 7.07. The summed E-state index contributed by atoms with van der Waals surface area (Å²) in [7, 11) is 0. The summed E-state index contributed by atoms with van der Waals surface area (Å²) in [6, 6.07) is 4.51. The van der Waals surface area contributed by atoms with Gasteiger partial charge in [0.25, 0.3) is 0 Å². The molecule has 1 N–H and O–H groups in total. The minimum absolute atomic E-state index is 0.691. The molecule has 0 saturated carbocycles. The van der Waals surface area contributed by atoms with Gasteiger partial charge in [-0.1, -0.05) is 20.3 Å². The highest BCUT2D eigenvalue weighted by Crippen LogP contribution is 2.39. The third kappa shape index (κ3) is 2.81. The van der Waals surface area contributed by atoms with Crippen LogP contribution in [0.5, 0.6) is 0 Å². The van der Waals surface area contributed by atoms with Gasteiger partial charge in [0.15, 0.2) is 0 Å². The summed E-state index contributed by atoms with van der Waals surface area (Å²) >= 11 is 1.97. The van der Waals surface area contributed by atoms with Crippen molar-refractivity contribution in [3.8, 4) is 0 Å². The van der Waals surface area contributed by atoms with Gasteiger partial charge in [0, 0.05) is 36.1 Å². The van der Waals surface area contributed by atoms with Gasteiger partial charge in [-0.15, -0.1) is 11.3 Å². The Kier molecular flexibility index (Phi) is 4.79. The van der Waals surface area contributed by atoms with Gasteiger partial charge in [-0.2, -0.15) is 0 Å². The largest absolute Gasteiger partial charge is 0.311 e. The van der Waals surface area contributed by atoms with Gasteiger partial charge in [-0.25, -0.2) is 0 Å². The lowest BCUT2D eigenvalue weighted by Gasteiger charge is -2.46.